The lowest BCUT2D eigenvalue weighted by molar-refractivity contribution is 0.0978. The third-order valence-corrected chi connectivity index (χ3v) is 7.11. The Bertz CT molecular complexity index is 986. The molecular weight excluding hydrogens is 430 g/mol. The summed E-state index contributed by atoms with van der Waals surface area (Å²) in [5, 5.41) is 5.86. The monoisotopic (exact) mass is 451 g/mol. The zero-order valence-electron chi connectivity index (χ0n) is 15.7. The second-order valence-electron chi connectivity index (χ2n) is 6.73. The Kier molecular flexibility index (Phi) is 7.23. The van der Waals surface area contributed by atoms with Gasteiger partial charge in [0.05, 0.1) is 15.5 Å². The summed E-state index contributed by atoms with van der Waals surface area (Å²) < 4.78 is 27.2. The topological polar surface area (TPSA) is 78.5 Å². The van der Waals surface area contributed by atoms with Gasteiger partial charge in [-0.2, -0.15) is 4.31 Å². The number of nitrogens with one attached hydrogen (secondary N) is 2. The van der Waals surface area contributed by atoms with E-state index < -0.39 is 15.9 Å². The van der Waals surface area contributed by atoms with Crippen molar-refractivity contribution in [3.05, 3.63) is 59.1 Å². The van der Waals surface area contributed by atoms with Gasteiger partial charge in [-0.05, 0) is 61.5 Å². The molecule has 1 fully saturated rings. The first kappa shape index (κ1) is 21.7. The SMILES string of the molecule is O=C(NC(=S)Nc1ccc(S(=O)(=O)N2CCCCCC2)cc1)c1ccccc1Cl. The maximum absolute atomic E-state index is 12.8. The maximum atomic E-state index is 12.8. The fourth-order valence-electron chi connectivity index (χ4n) is 3.12. The molecule has 0 saturated carbocycles. The molecule has 1 saturated heterocycles. The van der Waals surface area contributed by atoms with E-state index in [0.717, 1.165) is 25.7 Å². The Balaban J connectivity index is 1.63. The van der Waals surface area contributed by atoms with Crippen molar-refractivity contribution in [1.29, 1.82) is 0 Å². The molecular formula is C20H22ClN3O3S2. The zero-order valence-corrected chi connectivity index (χ0v) is 18.1. The number of anilines is 1. The highest BCUT2D eigenvalue weighted by atomic mass is 35.5. The maximum Gasteiger partial charge on any atom is 0.258 e. The summed E-state index contributed by atoms with van der Waals surface area (Å²) in [5.41, 5.74) is 0.890. The van der Waals surface area contributed by atoms with Gasteiger partial charge in [0.15, 0.2) is 5.11 Å². The molecule has 0 spiro atoms. The molecule has 9 heteroatoms. The predicted molar refractivity (Wildman–Crippen MR) is 119 cm³/mol. The molecule has 0 radical (unpaired) electrons. The van der Waals surface area contributed by atoms with Crippen LogP contribution < -0.4 is 10.6 Å². The summed E-state index contributed by atoms with van der Waals surface area (Å²) in [5.74, 6) is -0.423. The van der Waals surface area contributed by atoms with Crippen molar-refractivity contribution in [1.82, 2.24) is 9.62 Å². The van der Waals surface area contributed by atoms with Crippen LogP contribution in [-0.2, 0) is 10.0 Å². The predicted octanol–water partition coefficient (Wildman–Crippen LogP) is 4.03. The molecule has 1 aliphatic heterocycles. The Morgan fingerprint density at radius 2 is 1.59 bits per heavy atom. The Hall–Kier alpha value is -2.00. The lowest BCUT2D eigenvalue weighted by Crippen LogP contribution is -2.34. The number of carbonyl (C=O) groups is 1. The fourth-order valence-corrected chi connectivity index (χ4v) is 5.07. The first-order valence-electron chi connectivity index (χ1n) is 9.35. The number of hydrogen-bond acceptors (Lipinski definition) is 4. The summed E-state index contributed by atoms with van der Waals surface area (Å²) in [7, 11) is -3.50. The van der Waals surface area contributed by atoms with Gasteiger partial charge in [0, 0.05) is 18.8 Å². The minimum Gasteiger partial charge on any atom is -0.332 e. The van der Waals surface area contributed by atoms with E-state index in [4.69, 9.17) is 23.8 Å². The number of hydrogen-bond donors (Lipinski definition) is 2. The second kappa shape index (κ2) is 9.67. The van der Waals surface area contributed by atoms with Crippen LogP contribution in [0.2, 0.25) is 5.02 Å². The van der Waals surface area contributed by atoms with Crippen molar-refractivity contribution in [2.45, 2.75) is 30.6 Å². The van der Waals surface area contributed by atoms with Gasteiger partial charge in [0.1, 0.15) is 0 Å². The number of halogens is 1. The molecule has 6 nitrogen and oxygen atoms in total. The first-order valence-corrected chi connectivity index (χ1v) is 11.6. The molecule has 1 aliphatic rings. The third-order valence-electron chi connectivity index (χ3n) is 4.66. The van der Waals surface area contributed by atoms with Crippen LogP contribution in [0.15, 0.2) is 53.4 Å². The number of carbonyl (C=O) groups excluding carboxylic acids is 1. The van der Waals surface area contributed by atoms with Gasteiger partial charge in [-0.15, -0.1) is 0 Å². The number of amides is 1. The average molecular weight is 452 g/mol. The quantitative estimate of drug-likeness (QED) is 0.686. The average Bonchev–Trinajstić information content (AvgIpc) is 2.98. The largest absolute Gasteiger partial charge is 0.332 e. The van der Waals surface area contributed by atoms with E-state index in [0.29, 0.717) is 29.4 Å². The Labute approximate surface area is 181 Å². The van der Waals surface area contributed by atoms with Crippen molar-refractivity contribution in [3.8, 4) is 0 Å². The van der Waals surface area contributed by atoms with Gasteiger partial charge in [0.25, 0.3) is 5.91 Å². The Morgan fingerprint density at radius 1 is 0.966 bits per heavy atom. The van der Waals surface area contributed by atoms with E-state index in [1.807, 2.05) is 0 Å². The van der Waals surface area contributed by atoms with Gasteiger partial charge in [-0.25, -0.2) is 8.42 Å². The van der Waals surface area contributed by atoms with E-state index in [-0.39, 0.29) is 10.0 Å². The van der Waals surface area contributed by atoms with Crippen molar-refractivity contribution in [2.75, 3.05) is 18.4 Å². The standard InChI is InChI=1S/C20H22ClN3O3S2/c21-18-8-4-3-7-17(18)19(25)23-20(28)22-15-9-11-16(12-10-15)29(26,27)24-13-5-1-2-6-14-24/h3-4,7-12H,1-2,5-6,13-14H2,(H2,22,23,25,28). The normalized spacial score (nSPS) is 15.3. The van der Waals surface area contributed by atoms with Gasteiger partial charge < -0.3 is 5.32 Å². The van der Waals surface area contributed by atoms with E-state index in [2.05, 4.69) is 10.6 Å². The van der Waals surface area contributed by atoms with Crippen LogP contribution in [-0.4, -0.2) is 36.8 Å². The van der Waals surface area contributed by atoms with Crippen LogP contribution in [0, 0.1) is 0 Å². The van der Waals surface area contributed by atoms with Gasteiger partial charge in [0.2, 0.25) is 10.0 Å². The number of nitrogens with zero attached hydrogens (tertiary/aromatic N) is 1. The van der Waals surface area contributed by atoms with Gasteiger partial charge >= 0.3 is 0 Å². The molecule has 0 aliphatic carbocycles. The van der Waals surface area contributed by atoms with Gasteiger partial charge in [-0.1, -0.05) is 36.6 Å². The van der Waals surface area contributed by atoms with Crippen LogP contribution in [0.1, 0.15) is 36.0 Å². The highest BCUT2D eigenvalue weighted by Gasteiger charge is 2.25. The zero-order chi connectivity index (χ0) is 20.9. The number of benzene rings is 2. The summed E-state index contributed by atoms with van der Waals surface area (Å²) in [4.78, 5) is 12.5. The van der Waals surface area contributed by atoms with E-state index >= 15 is 0 Å². The third kappa shape index (κ3) is 5.54. The lowest BCUT2D eigenvalue weighted by atomic mass is 10.2. The summed E-state index contributed by atoms with van der Waals surface area (Å²) in [6.07, 6.45) is 3.90. The Morgan fingerprint density at radius 3 is 2.21 bits per heavy atom. The van der Waals surface area contributed by atoms with Crippen LogP contribution in [0.5, 0.6) is 0 Å². The van der Waals surface area contributed by atoms with Crippen molar-refractivity contribution >= 4 is 50.5 Å². The molecule has 2 aromatic rings. The number of rotatable bonds is 4. The molecule has 29 heavy (non-hydrogen) atoms. The van der Waals surface area contributed by atoms with Crippen LogP contribution >= 0.6 is 23.8 Å². The summed E-state index contributed by atoms with van der Waals surface area (Å²) >= 11 is 11.2. The van der Waals surface area contributed by atoms with Crippen molar-refractivity contribution in [3.63, 3.8) is 0 Å². The van der Waals surface area contributed by atoms with E-state index in [1.165, 1.54) is 0 Å². The number of thiocarbonyl (C=S) groups is 1. The first-order chi connectivity index (χ1) is 13.9. The fraction of sp³-hybridized carbons (Fsp3) is 0.300. The van der Waals surface area contributed by atoms with E-state index in [9.17, 15) is 13.2 Å². The second-order valence-corrected chi connectivity index (χ2v) is 9.48. The molecule has 0 bridgehead atoms. The van der Waals surface area contributed by atoms with Gasteiger partial charge in [-0.3, -0.25) is 10.1 Å². The molecule has 2 aromatic carbocycles. The molecule has 2 N–H and O–H groups in total. The lowest BCUT2D eigenvalue weighted by Gasteiger charge is -2.20. The molecule has 0 unspecified atom stereocenters. The minimum absolute atomic E-state index is 0.0954. The molecule has 0 aromatic heterocycles. The van der Waals surface area contributed by atoms with Crippen LogP contribution in [0.4, 0.5) is 5.69 Å². The molecule has 154 valence electrons. The van der Waals surface area contributed by atoms with Crippen LogP contribution in [0.25, 0.3) is 0 Å². The highest BCUT2D eigenvalue weighted by Crippen LogP contribution is 2.22. The molecule has 3 rings (SSSR count). The summed E-state index contributed by atoms with van der Waals surface area (Å²) in [6.45, 7) is 1.11. The van der Waals surface area contributed by atoms with Crippen LogP contribution in [0.3, 0.4) is 0 Å². The van der Waals surface area contributed by atoms with Crippen molar-refractivity contribution in [2.24, 2.45) is 0 Å². The molecule has 1 amide bonds. The van der Waals surface area contributed by atoms with Crippen molar-refractivity contribution < 1.29 is 13.2 Å². The summed E-state index contributed by atoms with van der Waals surface area (Å²) in [6, 6.07) is 13.0. The number of sulfonamides is 1. The smallest absolute Gasteiger partial charge is 0.258 e. The molecule has 1 heterocycles. The minimum atomic E-state index is -3.50. The van der Waals surface area contributed by atoms with E-state index in [1.54, 1.807) is 52.8 Å². The molecule has 0 atom stereocenters. The highest BCUT2D eigenvalue weighted by molar-refractivity contribution is 7.89.